The van der Waals surface area contributed by atoms with Gasteiger partial charge in [0.05, 0.1) is 6.04 Å². The first-order chi connectivity index (χ1) is 7.16. The molecule has 4 heteroatoms. The van der Waals surface area contributed by atoms with Gasteiger partial charge in [0, 0.05) is 0 Å². The van der Waals surface area contributed by atoms with Gasteiger partial charge >= 0.3 is 6.09 Å². The second kappa shape index (κ2) is 4.13. The Bertz CT molecular complexity index is 288. The minimum Gasteiger partial charge on any atom is -0.489 e. The molecule has 0 saturated carbocycles. The van der Waals surface area contributed by atoms with E-state index in [-0.39, 0.29) is 24.3 Å². The van der Waals surface area contributed by atoms with Gasteiger partial charge in [0.25, 0.3) is 0 Å². The third-order valence-electron chi connectivity index (χ3n) is 2.95. The Labute approximate surface area is 89.6 Å². The maximum absolute atomic E-state index is 11.4. The van der Waals surface area contributed by atoms with Gasteiger partial charge in [-0.2, -0.15) is 0 Å². The Balaban J connectivity index is 2.16. The molecule has 1 fully saturated rings. The molecule has 1 N–H and O–H groups in total. The number of carbonyl (C=O) groups excluding carboxylic acids is 1. The molecule has 1 heterocycles. The lowest BCUT2D eigenvalue weighted by Gasteiger charge is -2.33. The molecule has 15 heavy (non-hydrogen) atoms. The number of hydrogen-bond acceptors (Lipinski definition) is 3. The molecular weight excluding hydrogens is 194 g/mol. The normalized spacial score (nSPS) is 36.0. The Morgan fingerprint density at radius 2 is 2.07 bits per heavy atom. The molecule has 2 rings (SSSR count). The lowest BCUT2D eigenvalue weighted by Crippen LogP contribution is -2.45. The summed E-state index contributed by atoms with van der Waals surface area (Å²) in [6, 6.07) is 0.00111. The minimum atomic E-state index is -0.338. The zero-order chi connectivity index (χ0) is 10.8. The Morgan fingerprint density at radius 3 is 2.87 bits per heavy atom. The zero-order valence-corrected chi connectivity index (χ0v) is 9.16. The average molecular weight is 211 g/mol. The predicted molar refractivity (Wildman–Crippen MR) is 55.3 cm³/mol. The molecule has 1 amide bonds. The molecule has 1 aliphatic carbocycles. The lowest BCUT2D eigenvalue weighted by molar-refractivity contribution is -0.0188. The largest absolute Gasteiger partial charge is 0.489 e. The number of ether oxygens (including phenoxy) is 2. The summed E-state index contributed by atoms with van der Waals surface area (Å²) in [5.41, 5.74) is 0. The van der Waals surface area contributed by atoms with E-state index in [1.165, 1.54) is 0 Å². The van der Waals surface area contributed by atoms with E-state index < -0.39 is 0 Å². The smallest absolute Gasteiger partial charge is 0.408 e. The van der Waals surface area contributed by atoms with Crippen LogP contribution in [0.25, 0.3) is 0 Å². The van der Waals surface area contributed by atoms with E-state index in [2.05, 4.69) is 11.4 Å². The Kier molecular flexibility index (Phi) is 2.84. The van der Waals surface area contributed by atoms with Crippen LogP contribution in [-0.4, -0.2) is 24.3 Å². The van der Waals surface area contributed by atoms with E-state index in [1.54, 1.807) is 0 Å². The van der Waals surface area contributed by atoms with E-state index >= 15 is 0 Å². The summed E-state index contributed by atoms with van der Waals surface area (Å²) in [6.07, 6.45) is 4.49. The minimum absolute atomic E-state index is 0.00111. The summed E-state index contributed by atoms with van der Waals surface area (Å²) in [5, 5.41) is 2.82. The molecule has 0 aromatic carbocycles. The van der Waals surface area contributed by atoms with Crippen LogP contribution in [-0.2, 0) is 9.47 Å². The summed E-state index contributed by atoms with van der Waals surface area (Å²) in [6.45, 7) is 3.77. The topological polar surface area (TPSA) is 47.6 Å². The van der Waals surface area contributed by atoms with Gasteiger partial charge in [-0.3, -0.25) is 0 Å². The molecule has 0 unspecified atom stereocenters. The van der Waals surface area contributed by atoms with Crippen molar-refractivity contribution in [2.45, 2.75) is 51.4 Å². The van der Waals surface area contributed by atoms with Crippen molar-refractivity contribution in [2.24, 2.45) is 0 Å². The van der Waals surface area contributed by atoms with Crippen molar-refractivity contribution in [3.63, 3.8) is 0 Å². The van der Waals surface area contributed by atoms with Gasteiger partial charge in [-0.25, -0.2) is 4.79 Å². The van der Waals surface area contributed by atoms with Crippen molar-refractivity contribution in [3.05, 3.63) is 11.8 Å². The number of alkyl carbamates (subject to hydrolysis) is 1. The van der Waals surface area contributed by atoms with Crippen LogP contribution in [0.4, 0.5) is 4.79 Å². The van der Waals surface area contributed by atoms with Crippen molar-refractivity contribution in [1.29, 1.82) is 0 Å². The molecule has 0 aromatic heterocycles. The van der Waals surface area contributed by atoms with Crippen molar-refractivity contribution >= 4 is 6.09 Å². The van der Waals surface area contributed by atoms with E-state index in [9.17, 15) is 4.79 Å². The molecule has 84 valence electrons. The Hall–Kier alpha value is -1.19. The third kappa shape index (κ3) is 2.25. The number of cyclic esters (lactones) is 1. The van der Waals surface area contributed by atoms with Crippen LogP contribution in [0.2, 0.25) is 0 Å². The summed E-state index contributed by atoms with van der Waals surface area (Å²) >= 11 is 0. The highest BCUT2D eigenvalue weighted by molar-refractivity contribution is 5.68. The standard InChI is InChI=1S/C11H17NO3/c1-7-8(2)15-11(13)12-9-5-3-4-6-10(9)14-7/h6-9H,3-5H2,1-2H3,(H,12,13)/t7-,8-,9-/m1/s1. The van der Waals surface area contributed by atoms with Crippen molar-refractivity contribution in [2.75, 3.05) is 0 Å². The average Bonchev–Trinajstić information content (AvgIpc) is 2.19. The maximum Gasteiger partial charge on any atom is 0.408 e. The fourth-order valence-corrected chi connectivity index (χ4v) is 1.88. The number of hydrogen-bond donors (Lipinski definition) is 1. The molecule has 3 atom stereocenters. The SMILES string of the molecule is C[C@H]1OC(=O)N[C@@H]2CCCC=C2O[C@@H]1C. The van der Waals surface area contributed by atoms with Crippen molar-refractivity contribution in [1.82, 2.24) is 5.32 Å². The van der Waals surface area contributed by atoms with Crippen molar-refractivity contribution < 1.29 is 14.3 Å². The number of fused-ring (bicyclic) bond motifs is 1. The van der Waals surface area contributed by atoms with E-state index in [4.69, 9.17) is 9.47 Å². The van der Waals surface area contributed by atoms with Crippen LogP contribution in [0.1, 0.15) is 33.1 Å². The van der Waals surface area contributed by atoms with Gasteiger partial charge in [0.2, 0.25) is 0 Å². The highest BCUT2D eigenvalue weighted by Gasteiger charge is 2.29. The highest BCUT2D eigenvalue weighted by atomic mass is 16.6. The second-order valence-electron chi connectivity index (χ2n) is 4.17. The number of rotatable bonds is 0. The van der Waals surface area contributed by atoms with E-state index in [0.717, 1.165) is 25.0 Å². The molecule has 0 bridgehead atoms. The van der Waals surface area contributed by atoms with Crippen molar-refractivity contribution in [3.8, 4) is 0 Å². The van der Waals surface area contributed by atoms with Crippen LogP contribution in [0.5, 0.6) is 0 Å². The third-order valence-corrected chi connectivity index (χ3v) is 2.95. The van der Waals surface area contributed by atoms with Crippen LogP contribution in [0, 0.1) is 0 Å². The number of amides is 1. The van der Waals surface area contributed by atoms with E-state index in [1.807, 2.05) is 13.8 Å². The fraction of sp³-hybridized carbons (Fsp3) is 0.727. The zero-order valence-electron chi connectivity index (χ0n) is 9.16. The highest BCUT2D eigenvalue weighted by Crippen LogP contribution is 2.23. The summed E-state index contributed by atoms with van der Waals surface area (Å²) in [5.74, 6) is 0.900. The molecule has 1 aliphatic heterocycles. The van der Waals surface area contributed by atoms with Gasteiger partial charge in [-0.15, -0.1) is 0 Å². The molecule has 0 radical (unpaired) electrons. The fourth-order valence-electron chi connectivity index (χ4n) is 1.88. The molecule has 1 saturated heterocycles. The van der Waals surface area contributed by atoms with Crippen LogP contribution >= 0.6 is 0 Å². The summed E-state index contributed by atoms with van der Waals surface area (Å²) in [4.78, 5) is 11.4. The van der Waals surface area contributed by atoms with Gasteiger partial charge in [0.15, 0.2) is 0 Å². The molecule has 2 aliphatic rings. The van der Waals surface area contributed by atoms with Crippen LogP contribution < -0.4 is 5.32 Å². The lowest BCUT2D eigenvalue weighted by atomic mass is 10.0. The Morgan fingerprint density at radius 1 is 1.33 bits per heavy atom. The predicted octanol–water partition coefficient (Wildman–Crippen LogP) is 1.96. The van der Waals surface area contributed by atoms with Gasteiger partial charge in [-0.1, -0.05) is 0 Å². The monoisotopic (exact) mass is 211 g/mol. The molecule has 0 aromatic rings. The van der Waals surface area contributed by atoms with Gasteiger partial charge in [0.1, 0.15) is 18.0 Å². The summed E-state index contributed by atoms with van der Waals surface area (Å²) < 4.78 is 10.9. The number of nitrogens with one attached hydrogen (secondary N) is 1. The first kappa shape index (κ1) is 10.3. The first-order valence-electron chi connectivity index (χ1n) is 5.50. The molecular formula is C11H17NO3. The van der Waals surface area contributed by atoms with Crippen LogP contribution in [0.15, 0.2) is 11.8 Å². The number of carbonyl (C=O) groups is 1. The van der Waals surface area contributed by atoms with Crippen LogP contribution in [0.3, 0.4) is 0 Å². The molecule has 4 nitrogen and oxygen atoms in total. The number of allylic oxidation sites excluding steroid dienone is 1. The van der Waals surface area contributed by atoms with E-state index in [0.29, 0.717) is 0 Å². The summed E-state index contributed by atoms with van der Waals surface area (Å²) in [7, 11) is 0. The quantitative estimate of drug-likeness (QED) is 0.666. The van der Waals surface area contributed by atoms with Gasteiger partial charge < -0.3 is 14.8 Å². The first-order valence-corrected chi connectivity index (χ1v) is 5.50. The maximum atomic E-state index is 11.4. The van der Waals surface area contributed by atoms with Gasteiger partial charge in [-0.05, 0) is 39.2 Å². The molecule has 0 spiro atoms. The second-order valence-corrected chi connectivity index (χ2v) is 4.17.